The van der Waals surface area contributed by atoms with Crippen molar-refractivity contribution in [3.63, 3.8) is 0 Å². The molecule has 6 heteroatoms. The predicted octanol–water partition coefficient (Wildman–Crippen LogP) is 1.91. The summed E-state index contributed by atoms with van der Waals surface area (Å²) in [5.74, 6) is -1.64. The van der Waals surface area contributed by atoms with Gasteiger partial charge < -0.3 is 14.2 Å². The molecule has 6 nitrogen and oxygen atoms in total. The minimum absolute atomic E-state index is 0.115. The Kier molecular flexibility index (Phi) is 4.06. The minimum atomic E-state index is -1.04. The van der Waals surface area contributed by atoms with Gasteiger partial charge in [-0.3, -0.25) is 4.79 Å². The molecule has 1 heterocycles. The third kappa shape index (κ3) is 2.74. The first-order chi connectivity index (χ1) is 10.1. The highest BCUT2D eigenvalue weighted by atomic mass is 16.6. The van der Waals surface area contributed by atoms with Crippen molar-refractivity contribution in [2.75, 3.05) is 0 Å². The van der Waals surface area contributed by atoms with Gasteiger partial charge >= 0.3 is 17.9 Å². The highest BCUT2D eigenvalue weighted by Gasteiger charge is 2.61. The van der Waals surface area contributed by atoms with Gasteiger partial charge in [-0.25, -0.2) is 9.59 Å². The molecule has 22 heavy (non-hydrogen) atoms. The van der Waals surface area contributed by atoms with E-state index in [1.165, 1.54) is 13.8 Å². The highest BCUT2D eigenvalue weighted by molar-refractivity contribution is 5.89. The number of fused-ring (bicyclic) bond motifs is 2. The molecule has 0 N–H and O–H groups in total. The quantitative estimate of drug-likeness (QED) is 0.448. The summed E-state index contributed by atoms with van der Waals surface area (Å²) in [6.45, 7) is 9.95. The first-order valence-electron chi connectivity index (χ1n) is 7.40. The molecule has 0 aromatic rings. The van der Waals surface area contributed by atoms with Crippen LogP contribution in [-0.4, -0.2) is 35.2 Å². The number of carbonyl (C=O) groups excluding carboxylic acids is 3. The lowest BCUT2D eigenvalue weighted by Gasteiger charge is -2.44. The molecule has 1 aliphatic carbocycles. The molecule has 2 fully saturated rings. The number of hydrogen-bond donors (Lipinski definition) is 0. The molecule has 0 radical (unpaired) electrons. The lowest BCUT2D eigenvalue weighted by Crippen LogP contribution is -2.55. The molecule has 0 aromatic heterocycles. The summed E-state index contributed by atoms with van der Waals surface area (Å²) in [6.07, 6.45) is 0.653. The van der Waals surface area contributed by atoms with Gasteiger partial charge in [0.15, 0.2) is 6.10 Å². The van der Waals surface area contributed by atoms with Crippen LogP contribution >= 0.6 is 0 Å². The molecule has 1 saturated heterocycles. The van der Waals surface area contributed by atoms with E-state index < -0.39 is 29.2 Å². The Hall–Kier alpha value is -1.85. The third-order valence-electron chi connectivity index (χ3n) is 4.67. The van der Waals surface area contributed by atoms with Crippen LogP contribution in [0.3, 0.4) is 0 Å². The standard InChI is InChI=1S/C16H22O6/c1-9(2)12(17)20-10(3)13(18)21-15(4)7-6-11-8-16(15,5)22-14(11)19/h10-11H,1,6-8H2,2-5H3. The lowest BCUT2D eigenvalue weighted by molar-refractivity contribution is -0.205. The smallest absolute Gasteiger partial charge is 0.347 e. The lowest BCUT2D eigenvalue weighted by atomic mass is 9.71. The third-order valence-corrected chi connectivity index (χ3v) is 4.67. The van der Waals surface area contributed by atoms with Crippen LogP contribution in [-0.2, 0) is 28.6 Å². The van der Waals surface area contributed by atoms with E-state index in [2.05, 4.69) is 6.58 Å². The van der Waals surface area contributed by atoms with Gasteiger partial charge in [0.25, 0.3) is 0 Å². The Morgan fingerprint density at radius 3 is 2.64 bits per heavy atom. The molecule has 2 rings (SSSR count). The van der Waals surface area contributed by atoms with Gasteiger partial charge in [-0.1, -0.05) is 6.58 Å². The van der Waals surface area contributed by atoms with E-state index in [9.17, 15) is 14.4 Å². The monoisotopic (exact) mass is 310 g/mol. The Balaban J connectivity index is 2.06. The van der Waals surface area contributed by atoms with Gasteiger partial charge in [-0.15, -0.1) is 0 Å². The van der Waals surface area contributed by atoms with E-state index in [4.69, 9.17) is 14.2 Å². The van der Waals surface area contributed by atoms with Gasteiger partial charge in [-0.05, 0) is 40.5 Å². The largest absolute Gasteiger partial charge is 0.455 e. The summed E-state index contributed by atoms with van der Waals surface area (Å²) in [4.78, 5) is 35.4. The van der Waals surface area contributed by atoms with Crippen molar-refractivity contribution in [3.8, 4) is 0 Å². The maximum Gasteiger partial charge on any atom is 0.347 e. The SMILES string of the molecule is C=C(C)C(=O)OC(C)C(=O)OC1(C)CCC2CC1(C)OC2=O. The second kappa shape index (κ2) is 5.41. The summed E-state index contributed by atoms with van der Waals surface area (Å²) in [6, 6.07) is 0. The van der Waals surface area contributed by atoms with Crippen molar-refractivity contribution in [3.05, 3.63) is 12.2 Å². The van der Waals surface area contributed by atoms with Crippen LogP contribution < -0.4 is 0 Å². The second-order valence-electron chi connectivity index (χ2n) is 6.57. The molecule has 1 aliphatic heterocycles. The molecular formula is C16H22O6. The minimum Gasteiger partial charge on any atom is -0.455 e. The summed E-state index contributed by atoms with van der Waals surface area (Å²) in [5, 5.41) is 0. The summed E-state index contributed by atoms with van der Waals surface area (Å²) >= 11 is 0. The molecule has 0 aromatic carbocycles. The van der Waals surface area contributed by atoms with Crippen LogP contribution in [0.1, 0.15) is 47.0 Å². The van der Waals surface area contributed by atoms with Crippen molar-refractivity contribution in [1.29, 1.82) is 0 Å². The molecular weight excluding hydrogens is 288 g/mol. The number of ether oxygens (including phenoxy) is 3. The summed E-state index contributed by atoms with van der Waals surface area (Å²) in [7, 11) is 0. The zero-order chi connectivity index (χ0) is 16.7. The van der Waals surface area contributed by atoms with Crippen LogP contribution in [0.2, 0.25) is 0 Å². The summed E-state index contributed by atoms with van der Waals surface area (Å²) < 4.78 is 16.0. The molecule has 0 amide bonds. The van der Waals surface area contributed by atoms with Crippen molar-refractivity contribution >= 4 is 17.9 Å². The van der Waals surface area contributed by atoms with E-state index in [-0.39, 0.29) is 17.5 Å². The fourth-order valence-corrected chi connectivity index (χ4v) is 2.93. The number of rotatable bonds is 4. The molecule has 2 bridgehead atoms. The van der Waals surface area contributed by atoms with Crippen molar-refractivity contribution in [2.24, 2.45) is 5.92 Å². The zero-order valence-electron chi connectivity index (χ0n) is 13.4. The van der Waals surface area contributed by atoms with E-state index in [1.807, 2.05) is 0 Å². The number of esters is 3. The zero-order valence-corrected chi connectivity index (χ0v) is 13.4. The van der Waals surface area contributed by atoms with Crippen molar-refractivity contribution < 1.29 is 28.6 Å². The number of carbonyl (C=O) groups is 3. The fourth-order valence-electron chi connectivity index (χ4n) is 2.93. The van der Waals surface area contributed by atoms with Gasteiger partial charge in [0.2, 0.25) is 0 Å². The maximum absolute atomic E-state index is 12.2. The van der Waals surface area contributed by atoms with E-state index in [1.54, 1.807) is 13.8 Å². The van der Waals surface area contributed by atoms with E-state index in [0.717, 1.165) is 0 Å². The maximum atomic E-state index is 12.2. The van der Waals surface area contributed by atoms with Crippen molar-refractivity contribution in [1.82, 2.24) is 0 Å². The Bertz CT molecular complexity index is 539. The summed E-state index contributed by atoms with van der Waals surface area (Å²) in [5.41, 5.74) is -1.54. The molecule has 4 atom stereocenters. The molecule has 0 spiro atoms. The average Bonchev–Trinajstić information content (AvgIpc) is 2.67. The van der Waals surface area contributed by atoms with E-state index in [0.29, 0.717) is 19.3 Å². The van der Waals surface area contributed by atoms with Crippen molar-refractivity contribution in [2.45, 2.75) is 64.3 Å². The van der Waals surface area contributed by atoms with Gasteiger partial charge in [-0.2, -0.15) is 0 Å². The highest BCUT2D eigenvalue weighted by Crippen LogP contribution is 2.50. The van der Waals surface area contributed by atoms with Crippen LogP contribution in [0.15, 0.2) is 12.2 Å². The predicted molar refractivity (Wildman–Crippen MR) is 76.7 cm³/mol. The molecule has 1 saturated carbocycles. The van der Waals surface area contributed by atoms with Crippen LogP contribution in [0.4, 0.5) is 0 Å². The van der Waals surface area contributed by atoms with Gasteiger partial charge in [0.05, 0.1) is 5.92 Å². The second-order valence-corrected chi connectivity index (χ2v) is 6.57. The van der Waals surface area contributed by atoms with Crippen LogP contribution in [0.25, 0.3) is 0 Å². The van der Waals surface area contributed by atoms with Gasteiger partial charge in [0, 0.05) is 12.0 Å². The first-order valence-corrected chi connectivity index (χ1v) is 7.40. The van der Waals surface area contributed by atoms with Gasteiger partial charge in [0.1, 0.15) is 11.2 Å². The number of hydrogen-bond acceptors (Lipinski definition) is 6. The Morgan fingerprint density at radius 1 is 1.41 bits per heavy atom. The van der Waals surface area contributed by atoms with E-state index >= 15 is 0 Å². The topological polar surface area (TPSA) is 78.9 Å². The first kappa shape index (κ1) is 16.5. The normalized spacial score (nSPS) is 34.5. The fraction of sp³-hybridized carbons (Fsp3) is 0.688. The molecule has 122 valence electrons. The average molecular weight is 310 g/mol. The Morgan fingerprint density at radius 2 is 2.05 bits per heavy atom. The Labute approximate surface area is 129 Å². The van der Waals surface area contributed by atoms with Crippen LogP contribution in [0.5, 0.6) is 0 Å². The molecule has 4 unspecified atom stereocenters. The molecule has 2 aliphatic rings. The van der Waals surface area contributed by atoms with Crippen LogP contribution in [0, 0.1) is 5.92 Å².